The van der Waals surface area contributed by atoms with Crippen LogP contribution in [0.5, 0.6) is 0 Å². The summed E-state index contributed by atoms with van der Waals surface area (Å²) in [6.45, 7) is 0. The van der Waals surface area contributed by atoms with Gasteiger partial charge in [-0.3, -0.25) is 19.7 Å². The minimum absolute atomic E-state index is 0.127. The van der Waals surface area contributed by atoms with Crippen molar-refractivity contribution in [3.05, 3.63) is 28.0 Å². The lowest BCUT2D eigenvalue weighted by atomic mass is 10.3. The van der Waals surface area contributed by atoms with E-state index in [-0.39, 0.29) is 17.3 Å². The van der Waals surface area contributed by atoms with Gasteiger partial charge < -0.3 is 14.8 Å². The van der Waals surface area contributed by atoms with Gasteiger partial charge in [0, 0.05) is 0 Å². The van der Waals surface area contributed by atoms with Gasteiger partial charge in [-0.25, -0.2) is 0 Å². The highest BCUT2D eigenvalue weighted by Gasteiger charge is 2.32. The smallest absolute Gasteiger partial charge is 0.433 e. The Kier molecular flexibility index (Phi) is 4.33. The van der Waals surface area contributed by atoms with Crippen molar-refractivity contribution in [3.8, 4) is 0 Å². The van der Waals surface area contributed by atoms with Crippen LogP contribution < -0.4 is 5.32 Å². The van der Waals surface area contributed by atoms with E-state index in [1.54, 1.807) is 0 Å². The second kappa shape index (κ2) is 6.17. The van der Waals surface area contributed by atoms with Gasteiger partial charge in [0.15, 0.2) is 10.9 Å². The van der Waals surface area contributed by atoms with Crippen LogP contribution in [0, 0.1) is 10.1 Å². The minimum Gasteiger partial charge on any atom is -0.481 e. The predicted molar refractivity (Wildman–Crippen MR) is 72.2 cm³/mol. The fourth-order valence-corrected chi connectivity index (χ4v) is 2.31. The fourth-order valence-electron chi connectivity index (χ4n) is 1.39. The number of carbonyl (C=O) groups excluding carboxylic acids is 1. The van der Waals surface area contributed by atoms with Crippen LogP contribution in [0.2, 0.25) is 0 Å². The van der Waals surface area contributed by atoms with Crippen LogP contribution >= 0.6 is 11.8 Å². The predicted octanol–water partition coefficient (Wildman–Crippen LogP) is 0.584. The molecule has 110 valence electrons. The lowest BCUT2D eigenvalue weighted by molar-refractivity contribution is -0.402. The highest BCUT2D eigenvalue weighted by Crippen LogP contribution is 2.22. The van der Waals surface area contributed by atoms with Crippen LogP contribution in [0.3, 0.4) is 0 Å². The molecule has 0 spiro atoms. The maximum Gasteiger partial charge on any atom is 0.433 e. The molecule has 1 atom stereocenters. The standard InChI is InChI=1S/C10H8N4O6S/c15-8(16)3-6-9(17)12-10(21-6)13-11-4-5-1-2-7(20-5)14(18)19/h1-2,4,6H,3H2,(H,15,16)(H,12,13,17)/b11-4-/t6-/m1/s1. The summed E-state index contributed by atoms with van der Waals surface area (Å²) in [5, 5.41) is 28.1. The highest BCUT2D eigenvalue weighted by molar-refractivity contribution is 8.15. The summed E-state index contributed by atoms with van der Waals surface area (Å²) in [5.41, 5.74) is 0. The molecule has 2 rings (SSSR count). The van der Waals surface area contributed by atoms with E-state index in [1.165, 1.54) is 12.1 Å². The van der Waals surface area contributed by atoms with Crippen LogP contribution in [-0.2, 0) is 9.59 Å². The molecule has 10 nitrogen and oxygen atoms in total. The molecule has 0 radical (unpaired) electrons. The number of amides is 1. The second-order valence-electron chi connectivity index (χ2n) is 3.78. The average molecular weight is 312 g/mol. The number of hydrogen-bond donors (Lipinski definition) is 2. The Labute approximate surface area is 121 Å². The van der Waals surface area contributed by atoms with Crippen LogP contribution in [-0.4, -0.2) is 38.5 Å². The summed E-state index contributed by atoms with van der Waals surface area (Å²) in [6, 6.07) is 2.51. The summed E-state index contributed by atoms with van der Waals surface area (Å²) >= 11 is 0.948. The van der Waals surface area contributed by atoms with E-state index in [2.05, 4.69) is 15.5 Å². The van der Waals surface area contributed by atoms with Gasteiger partial charge in [-0.2, -0.15) is 5.10 Å². The van der Waals surface area contributed by atoms with Gasteiger partial charge in [0.2, 0.25) is 5.91 Å². The van der Waals surface area contributed by atoms with E-state index in [9.17, 15) is 19.7 Å². The van der Waals surface area contributed by atoms with Crippen LogP contribution in [0.1, 0.15) is 12.2 Å². The Morgan fingerprint density at radius 2 is 2.38 bits per heavy atom. The molecule has 1 aliphatic rings. The number of nitrogens with one attached hydrogen (secondary N) is 1. The normalized spacial score (nSPS) is 20.1. The molecule has 2 heterocycles. The molecular formula is C10H8N4O6S. The van der Waals surface area contributed by atoms with Crippen molar-refractivity contribution < 1.29 is 24.0 Å². The molecule has 1 aromatic heterocycles. The van der Waals surface area contributed by atoms with E-state index < -0.39 is 27.9 Å². The Morgan fingerprint density at radius 3 is 3.00 bits per heavy atom. The minimum atomic E-state index is -1.09. The maximum atomic E-state index is 11.4. The summed E-state index contributed by atoms with van der Waals surface area (Å²) < 4.78 is 4.82. The summed E-state index contributed by atoms with van der Waals surface area (Å²) in [4.78, 5) is 31.7. The quantitative estimate of drug-likeness (QED) is 0.459. The third kappa shape index (κ3) is 3.89. The van der Waals surface area contributed by atoms with Gasteiger partial charge in [-0.1, -0.05) is 11.8 Å². The first kappa shape index (κ1) is 14.7. The Hall–Kier alpha value is -2.69. The van der Waals surface area contributed by atoms with Crippen LogP contribution in [0.25, 0.3) is 0 Å². The number of carbonyl (C=O) groups is 2. The number of furan rings is 1. The Bertz CT molecular complexity index is 652. The molecular weight excluding hydrogens is 304 g/mol. The molecule has 0 aromatic carbocycles. The van der Waals surface area contributed by atoms with Gasteiger partial charge in [0.05, 0.1) is 18.7 Å². The van der Waals surface area contributed by atoms with Gasteiger partial charge in [-0.05, 0) is 6.07 Å². The van der Waals surface area contributed by atoms with Gasteiger partial charge in [-0.15, -0.1) is 5.10 Å². The SMILES string of the molecule is O=C(O)C[C@H]1S/C(=N\N=C/c2ccc([N+](=O)[O-])o2)NC1=O. The maximum absolute atomic E-state index is 11.4. The lowest BCUT2D eigenvalue weighted by Crippen LogP contribution is -2.26. The van der Waals surface area contributed by atoms with Crippen molar-refractivity contribution in [3.63, 3.8) is 0 Å². The third-order valence-electron chi connectivity index (χ3n) is 2.26. The van der Waals surface area contributed by atoms with Gasteiger partial charge >= 0.3 is 11.9 Å². The molecule has 21 heavy (non-hydrogen) atoms. The number of nitro groups is 1. The van der Waals surface area contributed by atoms with E-state index >= 15 is 0 Å². The average Bonchev–Trinajstić information content (AvgIpc) is 2.97. The number of hydrogen-bond acceptors (Lipinski definition) is 8. The first-order valence-electron chi connectivity index (χ1n) is 5.50. The highest BCUT2D eigenvalue weighted by atomic mass is 32.2. The molecule has 0 saturated carbocycles. The molecule has 1 amide bonds. The van der Waals surface area contributed by atoms with Gasteiger partial charge in [0.25, 0.3) is 0 Å². The van der Waals surface area contributed by atoms with Crippen molar-refractivity contribution in [2.75, 3.05) is 0 Å². The van der Waals surface area contributed by atoms with E-state index in [4.69, 9.17) is 9.52 Å². The fraction of sp³-hybridized carbons (Fsp3) is 0.200. The third-order valence-corrected chi connectivity index (χ3v) is 3.33. The molecule has 0 unspecified atom stereocenters. The number of thioether (sulfide) groups is 1. The summed E-state index contributed by atoms with van der Waals surface area (Å²) in [6.07, 6.45) is 0.820. The zero-order valence-electron chi connectivity index (χ0n) is 10.3. The second-order valence-corrected chi connectivity index (χ2v) is 4.97. The monoisotopic (exact) mass is 312 g/mol. The van der Waals surface area contributed by atoms with E-state index in [0.717, 1.165) is 18.0 Å². The summed E-state index contributed by atoms with van der Waals surface area (Å²) in [5.74, 6) is -1.84. The van der Waals surface area contributed by atoms with Crippen LogP contribution in [0.15, 0.2) is 26.8 Å². The van der Waals surface area contributed by atoms with Crippen molar-refractivity contribution in [1.82, 2.24) is 5.32 Å². The molecule has 1 fully saturated rings. The first-order chi connectivity index (χ1) is 9.95. The van der Waals surface area contributed by atoms with Crippen molar-refractivity contribution >= 4 is 40.9 Å². The largest absolute Gasteiger partial charge is 0.481 e. The molecule has 1 saturated heterocycles. The molecule has 1 aromatic rings. The van der Waals surface area contributed by atoms with E-state index in [1.807, 2.05) is 0 Å². The van der Waals surface area contributed by atoms with Crippen LogP contribution in [0.4, 0.5) is 5.88 Å². The summed E-state index contributed by atoms with van der Waals surface area (Å²) in [7, 11) is 0. The first-order valence-corrected chi connectivity index (χ1v) is 6.38. The molecule has 2 N–H and O–H groups in total. The zero-order chi connectivity index (χ0) is 15.4. The topological polar surface area (TPSA) is 147 Å². The van der Waals surface area contributed by atoms with E-state index in [0.29, 0.717) is 0 Å². The number of aliphatic carboxylic acids is 1. The number of amidine groups is 1. The zero-order valence-corrected chi connectivity index (χ0v) is 11.1. The molecule has 11 heteroatoms. The number of rotatable bonds is 5. The van der Waals surface area contributed by atoms with Crippen molar-refractivity contribution in [1.29, 1.82) is 0 Å². The lowest BCUT2D eigenvalue weighted by Gasteiger charge is -1.97. The Morgan fingerprint density at radius 1 is 1.62 bits per heavy atom. The van der Waals surface area contributed by atoms with Crippen molar-refractivity contribution in [2.24, 2.45) is 10.2 Å². The molecule has 0 bridgehead atoms. The Balaban J connectivity index is 1.98. The molecule has 0 aliphatic carbocycles. The van der Waals surface area contributed by atoms with Crippen molar-refractivity contribution in [2.45, 2.75) is 11.7 Å². The number of nitrogens with zero attached hydrogens (tertiary/aromatic N) is 3. The van der Waals surface area contributed by atoms with Gasteiger partial charge in [0.1, 0.15) is 10.2 Å². The number of carboxylic acid groups (broad SMARTS) is 1. The number of carboxylic acids is 1. The molecule has 1 aliphatic heterocycles.